The molecule has 3 aromatic rings. The molecule has 3 aromatic heterocycles. The van der Waals surface area contributed by atoms with Crippen molar-refractivity contribution in [2.24, 2.45) is 0 Å². The number of pyridine rings is 1. The molecule has 0 bridgehead atoms. The highest BCUT2D eigenvalue weighted by atomic mass is 32.1. The van der Waals surface area contributed by atoms with Crippen molar-refractivity contribution in [1.29, 1.82) is 0 Å². The third-order valence-electron chi connectivity index (χ3n) is 2.29. The van der Waals surface area contributed by atoms with E-state index in [9.17, 15) is 0 Å². The fourth-order valence-electron chi connectivity index (χ4n) is 1.55. The van der Waals surface area contributed by atoms with Crippen molar-refractivity contribution < 1.29 is 4.74 Å². The van der Waals surface area contributed by atoms with E-state index in [-0.39, 0.29) is 0 Å². The highest BCUT2D eigenvalue weighted by molar-refractivity contribution is 7.13. The van der Waals surface area contributed by atoms with Crippen LogP contribution in [0.2, 0.25) is 0 Å². The van der Waals surface area contributed by atoms with Gasteiger partial charge in [-0.2, -0.15) is 0 Å². The van der Waals surface area contributed by atoms with Crippen molar-refractivity contribution in [3.8, 4) is 16.5 Å². The number of rotatable bonds is 2. The summed E-state index contributed by atoms with van der Waals surface area (Å²) in [7, 11) is 1.63. The van der Waals surface area contributed by atoms with Crippen LogP contribution in [0.1, 0.15) is 0 Å². The van der Waals surface area contributed by atoms with Gasteiger partial charge < -0.3 is 4.74 Å². The maximum absolute atomic E-state index is 5.24. The lowest BCUT2D eigenvalue weighted by Gasteiger charge is -1.98. The molecule has 0 aliphatic rings. The predicted molar refractivity (Wildman–Crippen MR) is 62.9 cm³/mol. The van der Waals surface area contributed by atoms with Crippen LogP contribution in [0.3, 0.4) is 0 Å². The molecule has 3 rings (SSSR count). The summed E-state index contributed by atoms with van der Waals surface area (Å²) in [6.45, 7) is 0. The molecule has 5 heteroatoms. The summed E-state index contributed by atoms with van der Waals surface area (Å²) in [4.78, 5) is 5.52. The van der Waals surface area contributed by atoms with Gasteiger partial charge in [0.25, 0.3) is 0 Å². The molecule has 4 nitrogen and oxygen atoms in total. The second-order valence-electron chi connectivity index (χ2n) is 3.26. The Morgan fingerprint density at radius 1 is 1.31 bits per heavy atom. The summed E-state index contributed by atoms with van der Waals surface area (Å²) < 4.78 is 6.97. The average Bonchev–Trinajstić information content (AvgIpc) is 2.96. The first-order valence-electron chi connectivity index (χ1n) is 4.82. The minimum Gasteiger partial charge on any atom is -0.493 e. The van der Waals surface area contributed by atoms with Gasteiger partial charge >= 0.3 is 0 Å². The minimum absolute atomic E-state index is 0.734. The first-order chi connectivity index (χ1) is 7.88. The highest BCUT2D eigenvalue weighted by Gasteiger charge is 2.09. The number of methoxy groups -OCH3 is 1. The molecule has 0 aliphatic heterocycles. The van der Waals surface area contributed by atoms with Crippen molar-refractivity contribution in [3.63, 3.8) is 0 Å². The van der Waals surface area contributed by atoms with E-state index in [4.69, 9.17) is 4.74 Å². The van der Waals surface area contributed by atoms with Crippen LogP contribution in [0.5, 0.6) is 5.75 Å². The molecule has 80 valence electrons. The number of nitrogens with zero attached hydrogens (tertiary/aromatic N) is 3. The Labute approximate surface area is 96.1 Å². The topological polar surface area (TPSA) is 39.4 Å². The van der Waals surface area contributed by atoms with E-state index >= 15 is 0 Å². The highest BCUT2D eigenvalue weighted by Crippen LogP contribution is 2.24. The molecule has 0 spiro atoms. The van der Waals surface area contributed by atoms with Crippen molar-refractivity contribution in [2.45, 2.75) is 0 Å². The second-order valence-corrected chi connectivity index (χ2v) is 4.21. The minimum atomic E-state index is 0.734. The van der Waals surface area contributed by atoms with Gasteiger partial charge in [-0.05, 0) is 23.6 Å². The summed E-state index contributed by atoms with van der Waals surface area (Å²) in [6.07, 6.45) is 1.86. The zero-order valence-corrected chi connectivity index (χ0v) is 9.44. The van der Waals surface area contributed by atoms with Gasteiger partial charge in [0.15, 0.2) is 17.2 Å². The number of fused-ring (bicyclic) bond motifs is 1. The number of aromatic nitrogens is 3. The number of ether oxygens (including phenoxy) is 1. The van der Waals surface area contributed by atoms with Crippen LogP contribution < -0.4 is 4.74 Å². The van der Waals surface area contributed by atoms with Gasteiger partial charge in [-0.25, -0.2) is 9.50 Å². The van der Waals surface area contributed by atoms with Crippen molar-refractivity contribution >= 4 is 17.0 Å². The van der Waals surface area contributed by atoms with Crippen LogP contribution in [0.25, 0.3) is 16.3 Å². The third-order valence-corrected chi connectivity index (χ3v) is 3.15. The zero-order chi connectivity index (χ0) is 11.0. The molecule has 0 amide bonds. The van der Waals surface area contributed by atoms with E-state index in [2.05, 4.69) is 10.1 Å². The Bertz CT molecular complexity index is 615. The van der Waals surface area contributed by atoms with Crippen LogP contribution in [0, 0.1) is 0 Å². The molecular formula is C11H9N3OS. The van der Waals surface area contributed by atoms with Crippen LogP contribution in [0.15, 0.2) is 35.8 Å². The summed E-state index contributed by atoms with van der Waals surface area (Å²) >= 11 is 1.63. The monoisotopic (exact) mass is 231 g/mol. The lowest BCUT2D eigenvalue weighted by atomic mass is 10.4. The van der Waals surface area contributed by atoms with Gasteiger partial charge in [0.05, 0.1) is 12.0 Å². The van der Waals surface area contributed by atoms with Crippen LogP contribution in [-0.4, -0.2) is 21.7 Å². The van der Waals surface area contributed by atoms with Crippen LogP contribution in [-0.2, 0) is 0 Å². The zero-order valence-electron chi connectivity index (χ0n) is 8.62. The Kier molecular flexibility index (Phi) is 2.11. The number of hydrogen-bond donors (Lipinski definition) is 0. The van der Waals surface area contributed by atoms with Gasteiger partial charge in [-0.15, -0.1) is 16.4 Å². The van der Waals surface area contributed by atoms with Crippen molar-refractivity contribution in [2.75, 3.05) is 7.11 Å². The Morgan fingerprint density at radius 3 is 3.00 bits per heavy atom. The molecule has 0 unspecified atom stereocenters. The van der Waals surface area contributed by atoms with E-state index in [1.54, 1.807) is 23.0 Å². The normalized spacial score (nSPS) is 10.8. The fraction of sp³-hybridized carbons (Fsp3) is 0.0909. The van der Waals surface area contributed by atoms with Gasteiger partial charge in [-0.1, -0.05) is 6.07 Å². The van der Waals surface area contributed by atoms with Crippen molar-refractivity contribution in [1.82, 2.24) is 14.6 Å². The smallest absolute Gasteiger partial charge is 0.198 e. The lowest BCUT2D eigenvalue weighted by Crippen LogP contribution is -1.90. The fourth-order valence-corrected chi connectivity index (χ4v) is 2.20. The lowest BCUT2D eigenvalue weighted by molar-refractivity contribution is 0.416. The van der Waals surface area contributed by atoms with Gasteiger partial charge in [0.2, 0.25) is 0 Å². The molecule has 0 saturated heterocycles. The predicted octanol–water partition coefficient (Wildman–Crippen LogP) is 2.47. The first-order valence-corrected chi connectivity index (χ1v) is 5.70. The van der Waals surface area contributed by atoms with E-state index in [0.717, 1.165) is 22.1 Å². The SMILES string of the molecule is COc1cccn2nc(-c3cccs3)nc12. The molecule has 0 aromatic carbocycles. The largest absolute Gasteiger partial charge is 0.493 e. The van der Waals surface area contributed by atoms with Gasteiger partial charge in [0, 0.05) is 6.20 Å². The molecule has 0 radical (unpaired) electrons. The Morgan fingerprint density at radius 2 is 2.25 bits per heavy atom. The first kappa shape index (κ1) is 9.35. The van der Waals surface area contributed by atoms with Crippen LogP contribution in [0.4, 0.5) is 0 Å². The maximum atomic E-state index is 5.24. The van der Waals surface area contributed by atoms with Crippen LogP contribution >= 0.6 is 11.3 Å². The molecule has 0 aliphatic carbocycles. The summed E-state index contributed by atoms with van der Waals surface area (Å²) in [6, 6.07) is 7.76. The molecule has 0 saturated carbocycles. The Balaban J connectivity index is 2.23. The van der Waals surface area contributed by atoms with E-state index in [0.29, 0.717) is 0 Å². The molecule has 0 atom stereocenters. The van der Waals surface area contributed by atoms with E-state index in [1.165, 1.54) is 0 Å². The number of hydrogen-bond acceptors (Lipinski definition) is 4. The van der Waals surface area contributed by atoms with Crippen molar-refractivity contribution in [3.05, 3.63) is 35.8 Å². The van der Waals surface area contributed by atoms with Gasteiger partial charge in [-0.3, -0.25) is 0 Å². The standard InChI is InChI=1S/C11H9N3OS/c1-15-8-4-2-6-14-11(8)12-10(13-14)9-5-3-7-16-9/h2-7H,1H3. The quantitative estimate of drug-likeness (QED) is 0.680. The number of thiophene rings is 1. The molecule has 16 heavy (non-hydrogen) atoms. The Hall–Kier alpha value is -1.88. The van der Waals surface area contributed by atoms with E-state index in [1.807, 2.05) is 35.8 Å². The molecule has 0 fully saturated rings. The summed E-state index contributed by atoms with van der Waals surface area (Å²) in [5, 5.41) is 6.41. The molecule has 3 heterocycles. The van der Waals surface area contributed by atoms with E-state index < -0.39 is 0 Å². The second kappa shape index (κ2) is 3.61. The molecular weight excluding hydrogens is 222 g/mol. The summed E-state index contributed by atoms with van der Waals surface area (Å²) in [5.41, 5.74) is 0.744. The maximum Gasteiger partial charge on any atom is 0.198 e. The van der Waals surface area contributed by atoms with Gasteiger partial charge in [0.1, 0.15) is 0 Å². The average molecular weight is 231 g/mol. The molecule has 0 N–H and O–H groups in total. The third kappa shape index (κ3) is 1.37. The summed E-state index contributed by atoms with van der Waals surface area (Å²) in [5.74, 6) is 1.47.